The number of hydrogen-bond donors (Lipinski definition) is 0. The summed E-state index contributed by atoms with van der Waals surface area (Å²) in [5, 5.41) is 10.6. The van der Waals surface area contributed by atoms with Crippen molar-refractivity contribution in [2.75, 3.05) is 4.90 Å². The Morgan fingerprint density at radius 1 is 0.875 bits per heavy atom. The van der Waals surface area contributed by atoms with Crippen molar-refractivity contribution in [3.05, 3.63) is 94.4 Å². The van der Waals surface area contributed by atoms with E-state index in [0.29, 0.717) is 5.57 Å². The number of hydrogen-bond acceptors (Lipinski definition) is 5. The summed E-state index contributed by atoms with van der Waals surface area (Å²) in [7, 11) is 0. The molecule has 2 aromatic heterocycles. The van der Waals surface area contributed by atoms with Gasteiger partial charge in [-0.3, -0.25) is 0 Å². The number of fused-ring (bicyclic) bond motifs is 3. The van der Waals surface area contributed by atoms with Crippen LogP contribution in [0.25, 0.3) is 21.9 Å². The summed E-state index contributed by atoms with van der Waals surface area (Å²) in [6, 6.07) is 31.8. The zero-order chi connectivity index (χ0) is 21.5. The number of nitrogens with zero attached hydrogens (tertiary/aromatic N) is 3. The van der Waals surface area contributed by atoms with Crippen molar-refractivity contribution in [2.24, 2.45) is 0 Å². The molecule has 0 saturated heterocycles. The molecule has 6 rings (SSSR count). The molecule has 5 aromatic rings. The molecule has 0 saturated carbocycles. The van der Waals surface area contributed by atoms with Crippen LogP contribution < -0.4 is 4.90 Å². The summed E-state index contributed by atoms with van der Waals surface area (Å²) in [5.41, 5.74) is 4.01. The summed E-state index contributed by atoms with van der Waals surface area (Å²) in [6.07, 6.45) is 2.01. The van der Waals surface area contributed by atoms with Crippen LogP contribution in [0.2, 0.25) is 0 Å². The Labute approximate surface area is 200 Å². The van der Waals surface area contributed by atoms with E-state index in [1.807, 2.05) is 42.1 Å². The van der Waals surface area contributed by atoms with Gasteiger partial charge < -0.3 is 0 Å². The van der Waals surface area contributed by atoms with Crippen LogP contribution in [0.3, 0.4) is 0 Å². The second-order valence-electron chi connectivity index (χ2n) is 7.21. The number of allylic oxidation sites excluding steroid dienone is 1. The molecule has 0 N–H and O–H groups in total. The first-order valence-corrected chi connectivity index (χ1v) is 13.4. The van der Waals surface area contributed by atoms with Gasteiger partial charge in [0.15, 0.2) is 0 Å². The van der Waals surface area contributed by atoms with Crippen LogP contribution in [0.15, 0.2) is 94.7 Å². The van der Waals surface area contributed by atoms with Crippen molar-refractivity contribution in [2.45, 2.75) is 9.79 Å². The zero-order valence-corrected chi connectivity index (χ0v) is 20.1. The average Bonchev–Trinajstić information content (AvgIpc) is 3.47. The molecule has 3 heterocycles. The van der Waals surface area contributed by atoms with Gasteiger partial charge in [0.1, 0.15) is 0 Å². The number of rotatable bonds is 3. The fourth-order valence-electron chi connectivity index (χ4n) is 3.75. The van der Waals surface area contributed by atoms with Gasteiger partial charge in [-0.15, -0.1) is 0 Å². The van der Waals surface area contributed by atoms with E-state index in [2.05, 4.69) is 76.6 Å². The second kappa shape index (κ2) is 8.12. The molecule has 1 aliphatic heterocycles. The number of para-hydroxylation sites is 3. The van der Waals surface area contributed by atoms with E-state index < -0.39 is 0 Å². The van der Waals surface area contributed by atoms with Crippen molar-refractivity contribution < 1.29 is 0 Å². The number of nitriles is 1. The van der Waals surface area contributed by atoms with E-state index in [1.165, 1.54) is 30.2 Å². The first kappa shape index (κ1) is 19.6. The normalized spacial score (nSPS) is 13.0. The fourth-order valence-corrected chi connectivity index (χ4v) is 7.80. The van der Waals surface area contributed by atoms with Crippen molar-refractivity contribution in [1.29, 1.82) is 5.26 Å². The first-order valence-electron chi connectivity index (χ1n) is 10.0. The summed E-state index contributed by atoms with van der Waals surface area (Å²) in [4.78, 5) is 9.57. The fraction of sp³-hybridized carbons (Fsp3) is 0. The number of thiazole rings is 1. The monoisotopic (exact) mass is 513 g/mol. The Balaban J connectivity index is 1.42. The van der Waals surface area contributed by atoms with E-state index in [0.717, 1.165) is 15.2 Å². The van der Waals surface area contributed by atoms with E-state index in [4.69, 9.17) is 0 Å². The van der Waals surface area contributed by atoms with Gasteiger partial charge in [0, 0.05) is 0 Å². The van der Waals surface area contributed by atoms with Crippen LogP contribution in [0, 0.1) is 11.3 Å². The predicted molar refractivity (Wildman–Crippen MR) is 135 cm³/mol. The van der Waals surface area contributed by atoms with Gasteiger partial charge in [-0.05, 0) is 0 Å². The van der Waals surface area contributed by atoms with Crippen LogP contribution in [-0.4, -0.2) is 19.5 Å². The van der Waals surface area contributed by atoms with Crippen LogP contribution in [0.4, 0.5) is 15.9 Å². The van der Waals surface area contributed by atoms with Gasteiger partial charge in [0.25, 0.3) is 0 Å². The molecular formula is C26H15N3S2Se. The van der Waals surface area contributed by atoms with Crippen molar-refractivity contribution in [3.63, 3.8) is 0 Å². The van der Waals surface area contributed by atoms with Gasteiger partial charge in [-0.25, -0.2) is 0 Å². The standard InChI is InChI=1S/C26H15N3S2Se/c27-16-17(26-28-19-7-1-4-10-22(19)31-26)15-18-13-14-25(32-18)29-20-8-2-5-11-23(20)30-24-12-6-3-9-21(24)29/h1-15H/b17-15+. The zero-order valence-electron chi connectivity index (χ0n) is 16.7. The quantitative estimate of drug-likeness (QED) is 0.184. The van der Waals surface area contributed by atoms with Crippen LogP contribution >= 0.6 is 23.1 Å². The molecule has 6 heteroatoms. The van der Waals surface area contributed by atoms with E-state index in [9.17, 15) is 5.26 Å². The van der Waals surface area contributed by atoms with Gasteiger partial charge in [0.05, 0.1) is 0 Å². The minimum absolute atomic E-state index is 0.0843. The second-order valence-corrected chi connectivity index (χ2v) is 11.6. The van der Waals surface area contributed by atoms with Crippen LogP contribution in [0.5, 0.6) is 0 Å². The average molecular weight is 513 g/mol. The molecule has 3 nitrogen and oxygen atoms in total. The van der Waals surface area contributed by atoms with Crippen LogP contribution in [-0.2, 0) is 0 Å². The summed E-state index contributed by atoms with van der Waals surface area (Å²) in [5.74, 6) is 0. The van der Waals surface area contributed by atoms with Crippen molar-refractivity contribution in [1.82, 2.24) is 4.98 Å². The molecular weight excluding hydrogens is 497 g/mol. The number of aromatic nitrogens is 1. The molecule has 3 aromatic carbocycles. The third-order valence-electron chi connectivity index (χ3n) is 5.20. The Hall–Kier alpha value is -3.07. The summed E-state index contributed by atoms with van der Waals surface area (Å²) in [6.45, 7) is 0. The van der Waals surface area contributed by atoms with Gasteiger partial charge in [-0.2, -0.15) is 0 Å². The third kappa shape index (κ3) is 3.40. The molecule has 0 spiro atoms. The SMILES string of the molecule is N#C/C(=C\c1ccc(N2c3ccccc3Sc3ccccc32)[se]1)c1nc2ccccc2s1. The molecule has 0 amide bonds. The molecule has 1 aliphatic rings. The molecule has 0 bridgehead atoms. The van der Waals surface area contributed by atoms with Crippen molar-refractivity contribution >= 4 is 75.4 Å². The van der Waals surface area contributed by atoms with Gasteiger partial charge >= 0.3 is 201 Å². The first-order chi connectivity index (χ1) is 15.8. The molecule has 0 atom stereocenters. The molecule has 32 heavy (non-hydrogen) atoms. The predicted octanol–water partition coefficient (Wildman–Crippen LogP) is 7.35. The van der Waals surface area contributed by atoms with E-state index >= 15 is 0 Å². The molecule has 0 aliphatic carbocycles. The van der Waals surface area contributed by atoms with Gasteiger partial charge in [-0.1, -0.05) is 0 Å². The van der Waals surface area contributed by atoms with Crippen LogP contribution in [0.1, 0.15) is 9.44 Å². The Kier molecular flexibility index (Phi) is 4.98. The van der Waals surface area contributed by atoms with E-state index in [-0.39, 0.29) is 14.5 Å². The number of benzene rings is 3. The maximum atomic E-state index is 9.84. The summed E-state index contributed by atoms with van der Waals surface area (Å²) >= 11 is 3.47. The van der Waals surface area contributed by atoms with E-state index in [1.54, 1.807) is 11.3 Å². The molecule has 0 radical (unpaired) electrons. The molecule has 152 valence electrons. The Bertz CT molecular complexity index is 1460. The summed E-state index contributed by atoms with van der Waals surface area (Å²) < 4.78 is 3.55. The van der Waals surface area contributed by atoms with Gasteiger partial charge in [0.2, 0.25) is 0 Å². The maximum absolute atomic E-state index is 9.84. The Morgan fingerprint density at radius 3 is 2.28 bits per heavy atom. The molecule has 0 fully saturated rings. The number of anilines is 3. The third-order valence-corrected chi connectivity index (χ3v) is 9.53. The Morgan fingerprint density at radius 2 is 1.56 bits per heavy atom. The molecule has 0 unspecified atom stereocenters. The minimum atomic E-state index is 0.0843. The van der Waals surface area contributed by atoms with Crippen molar-refractivity contribution in [3.8, 4) is 6.07 Å². The topological polar surface area (TPSA) is 39.9 Å².